The van der Waals surface area contributed by atoms with Crippen LogP contribution < -0.4 is 4.74 Å². The Morgan fingerprint density at radius 1 is 1.00 bits per heavy atom. The summed E-state index contributed by atoms with van der Waals surface area (Å²) < 4.78 is 17.6. The highest BCUT2D eigenvalue weighted by Gasteiger charge is 2.76. The SMILES string of the molecule is COc1ccc([C@@H]2[C@H](C(=O)C(C)(C)C)N3N=Cc4ccccc4[C@H]3C23C(=O)OC2(CCCC2)OC3=O)cc1. The standard InChI is InChI=1S/C30H32N2O6/c1-28(2,3)25(33)23-22(18-11-13-20(36-4)14-12-18)30(24-21-10-6-5-9-19(21)17-31-32(23)24)26(34)37-29(38-27(30)35)15-7-8-16-29/h5-6,9-14,17,22-24H,7-8,15-16H2,1-4H3/t22-,23-,24+/m1/s1. The van der Waals surface area contributed by atoms with Gasteiger partial charge in [0.05, 0.1) is 13.3 Å². The molecule has 0 radical (unpaired) electrons. The molecule has 0 N–H and O–H groups in total. The molecule has 3 aliphatic heterocycles. The number of ketones is 1. The summed E-state index contributed by atoms with van der Waals surface area (Å²) in [6, 6.07) is 12.9. The number of Topliss-reactive ketones (excluding diaryl/α,β-unsaturated/α-hetero) is 1. The normalized spacial score (nSPS) is 26.6. The van der Waals surface area contributed by atoms with Crippen LogP contribution >= 0.6 is 0 Å². The van der Waals surface area contributed by atoms with Crippen LogP contribution in [-0.2, 0) is 23.9 Å². The minimum atomic E-state index is -1.83. The van der Waals surface area contributed by atoms with Gasteiger partial charge in [0, 0.05) is 24.2 Å². The van der Waals surface area contributed by atoms with Crippen LogP contribution in [0.3, 0.4) is 0 Å². The maximum absolute atomic E-state index is 14.4. The zero-order chi connectivity index (χ0) is 26.9. The average molecular weight is 517 g/mol. The van der Waals surface area contributed by atoms with Gasteiger partial charge in [-0.25, -0.2) is 0 Å². The van der Waals surface area contributed by atoms with E-state index >= 15 is 0 Å². The molecule has 3 heterocycles. The van der Waals surface area contributed by atoms with Crippen LogP contribution in [0.4, 0.5) is 0 Å². The van der Waals surface area contributed by atoms with Gasteiger partial charge in [0.15, 0.2) is 5.78 Å². The van der Waals surface area contributed by atoms with Crippen molar-refractivity contribution in [1.82, 2.24) is 5.01 Å². The van der Waals surface area contributed by atoms with E-state index in [1.807, 2.05) is 57.2 Å². The Bertz CT molecular complexity index is 1320. The van der Waals surface area contributed by atoms with E-state index in [2.05, 4.69) is 0 Å². The number of hydrazone groups is 1. The Morgan fingerprint density at radius 2 is 1.63 bits per heavy atom. The lowest BCUT2D eigenvalue weighted by atomic mass is 9.64. The van der Waals surface area contributed by atoms with Gasteiger partial charge < -0.3 is 14.2 Å². The lowest BCUT2D eigenvalue weighted by Gasteiger charge is -2.45. The molecule has 4 aliphatic rings. The minimum Gasteiger partial charge on any atom is -0.497 e. The molecule has 8 nitrogen and oxygen atoms in total. The van der Waals surface area contributed by atoms with Gasteiger partial charge in [0.25, 0.3) is 5.79 Å². The summed E-state index contributed by atoms with van der Waals surface area (Å²) in [5, 5.41) is 6.37. The molecule has 2 aromatic rings. The fraction of sp³-hybridized carbons (Fsp3) is 0.467. The van der Waals surface area contributed by atoms with E-state index in [-0.39, 0.29) is 5.78 Å². The molecule has 1 aliphatic carbocycles. The molecular formula is C30H32N2O6. The molecule has 1 saturated carbocycles. The number of fused-ring (bicyclic) bond motifs is 4. The maximum Gasteiger partial charge on any atom is 0.330 e. The van der Waals surface area contributed by atoms with E-state index in [4.69, 9.17) is 19.3 Å². The zero-order valence-corrected chi connectivity index (χ0v) is 22.1. The first-order valence-electron chi connectivity index (χ1n) is 13.2. The summed E-state index contributed by atoms with van der Waals surface area (Å²) >= 11 is 0. The lowest BCUT2D eigenvalue weighted by molar-refractivity contribution is -0.263. The van der Waals surface area contributed by atoms with Crippen molar-refractivity contribution in [3.05, 3.63) is 65.2 Å². The summed E-state index contributed by atoms with van der Waals surface area (Å²) in [4.78, 5) is 43.1. The third kappa shape index (κ3) is 3.35. The number of rotatable bonds is 3. The predicted molar refractivity (Wildman–Crippen MR) is 138 cm³/mol. The number of benzene rings is 2. The largest absolute Gasteiger partial charge is 0.497 e. The fourth-order valence-electron chi connectivity index (χ4n) is 6.65. The number of carbonyl (C=O) groups excluding carboxylic acids is 3. The van der Waals surface area contributed by atoms with Crippen molar-refractivity contribution < 1.29 is 28.6 Å². The van der Waals surface area contributed by atoms with E-state index in [9.17, 15) is 14.4 Å². The molecule has 0 aromatic heterocycles. The molecule has 3 fully saturated rings. The topological polar surface area (TPSA) is 94.5 Å². The molecule has 3 atom stereocenters. The van der Waals surface area contributed by atoms with Gasteiger partial charge in [-0.2, -0.15) is 5.10 Å². The summed E-state index contributed by atoms with van der Waals surface area (Å²) in [5.74, 6) is -2.94. The summed E-state index contributed by atoms with van der Waals surface area (Å²) in [6.07, 6.45) is 4.26. The van der Waals surface area contributed by atoms with Crippen LogP contribution in [0.1, 0.15) is 75.1 Å². The number of carbonyl (C=O) groups is 3. The van der Waals surface area contributed by atoms with Crippen LogP contribution in [0.15, 0.2) is 53.6 Å². The van der Waals surface area contributed by atoms with Gasteiger partial charge in [0.2, 0.25) is 5.41 Å². The van der Waals surface area contributed by atoms with E-state index < -0.39 is 46.6 Å². The first-order chi connectivity index (χ1) is 18.1. The Morgan fingerprint density at radius 3 is 2.24 bits per heavy atom. The molecule has 6 rings (SSSR count). The van der Waals surface area contributed by atoms with Crippen molar-refractivity contribution >= 4 is 23.9 Å². The highest BCUT2D eigenvalue weighted by Crippen LogP contribution is 2.64. The predicted octanol–water partition coefficient (Wildman–Crippen LogP) is 4.52. The van der Waals surface area contributed by atoms with E-state index in [1.165, 1.54) is 0 Å². The number of hydrogen-bond donors (Lipinski definition) is 0. The van der Waals surface area contributed by atoms with Crippen LogP contribution in [0.25, 0.3) is 0 Å². The van der Waals surface area contributed by atoms with Crippen molar-refractivity contribution in [3.8, 4) is 5.75 Å². The average Bonchev–Trinajstić information content (AvgIpc) is 3.47. The van der Waals surface area contributed by atoms with Crippen molar-refractivity contribution in [2.75, 3.05) is 7.11 Å². The van der Waals surface area contributed by atoms with E-state index in [0.29, 0.717) is 24.2 Å². The first kappa shape index (κ1) is 24.6. The van der Waals surface area contributed by atoms with Gasteiger partial charge in [-0.05, 0) is 41.7 Å². The van der Waals surface area contributed by atoms with Crippen molar-refractivity contribution in [2.24, 2.45) is 15.9 Å². The Balaban J connectivity index is 1.62. The lowest BCUT2D eigenvalue weighted by Crippen LogP contribution is -2.59. The second-order valence-electron chi connectivity index (χ2n) is 11.7. The third-order valence-electron chi connectivity index (χ3n) is 8.49. The Kier molecular flexibility index (Phi) is 5.46. The minimum absolute atomic E-state index is 0.126. The van der Waals surface area contributed by atoms with Crippen molar-refractivity contribution in [1.29, 1.82) is 0 Å². The molecule has 0 unspecified atom stereocenters. The van der Waals surface area contributed by atoms with Gasteiger partial charge in [0.1, 0.15) is 17.8 Å². The monoisotopic (exact) mass is 516 g/mol. The maximum atomic E-state index is 14.4. The van der Waals surface area contributed by atoms with Gasteiger partial charge in [-0.15, -0.1) is 0 Å². The highest BCUT2D eigenvalue weighted by molar-refractivity contribution is 6.07. The van der Waals surface area contributed by atoms with Crippen LogP contribution in [0.5, 0.6) is 5.75 Å². The molecule has 38 heavy (non-hydrogen) atoms. The number of nitrogens with zero attached hydrogens (tertiary/aromatic N) is 2. The molecule has 0 bridgehead atoms. The third-order valence-corrected chi connectivity index (χ3v) is 8.49. The Hall–Kier alpha value is -3.68. The highest BCUT2D eigenvalue weighted by atomic mass is 16.7. The number of methoxy groups -OCH3 is 1. The van der Waals surface area contributed by atoms with Crippen LogP contribution in [0, 0.1) is 10.8 Å². The first-order valence-corrected chi connectivity index (χ1v) is 13.2. The summed E-state index contributed by atoms with van der Waals surface area (Å²) in [5.41, 5.74) is -0.435. The van der Waals surface area contributed by atoms with Crippen molar-refractivity contribution in [2.45, 2.75) is 70.2 Å². The molecule has 198 valence electrons. The molecule has 0 amide bonds. The molecular weight excluding hydrogens is 484 g/mol. The number of hydrogen-bond acceptors (Lipinski definition) is 8. The van der Waals surface area contributed by atoms with Crippen molar-refractivity contribution in [3.63, 3.8) is 0 Å². The summed E-state index contributed by atoms with van der Waals surface area (Å²) in [7, 11) is 1.57. The quantitative estimate of drug-likeness (QED) is 0.437. The van der Waals surface area contributed by atoms with Crippen LogP contribution in [0.2, 0.25) is 0 Å². The van der Waals surface area contributed by atoms with Gasteiger partial charge in [-0.1, -0.05) is 57.2 Å². The van der Waals surface area contributed by atoms with Gasteiger partial charge >= 0.3 is 11.9 Å². The Labute approximate surface area is 221 Å². The second-order valence-corrected chi connectivity index (χ2v) is 11.7. The van der Waals surface area contributed by atoms with Gasteiger partial charge in [-0.3, -0.25) is 19.4 Å². The number of ether oxygens (including phenoxy) is 3. The molecule has 8 heteroatoms. The second kappa shape index (κ2) is 8.41. The smallest absolute Gasteiger partial charge is 0.330 e. The molecule has 2 saturated heterocycles. The fourth-order valence-corrected chi connectivity index (χ4v) is 6.65. The molecule has 2 aromatic carbocycles. The van der Waals surface area contributed by atoms with Crippen LogP contribution in [-0.4, -0.2) is 47.9 Å². The molecule has 2 spiro atoms. The van der Waals surface area contributed by atoms with E-state index in [1.54, 1.807) is 30.5 Å². The summed E-state index contributed by atoms with van der Waals surface area (Å²) in [6.45, 7) is 5.52. The number of esters is 2. The zero-order valence-electron chi connectivity index (χ0n) is 22.1. The van der Waals surface area contributed by atoms with E-state index in [0.717, 1.165) is 24.0 Å².